The van der Waals surface area contributed by atoms with Gasteiger partial charge in [0.2, 0.25) is 0 Å². The van der Waals surface area contributed by atoms with Gasteiger partial charge in [0.1, 0.15) is 17.9 Å². The fraction of sp³-hybridized carbons (Fsp3) is 0.727. The number of hydrogen-bond acceptors (Lipinski definition) is 9. The third-order valence-electron chi connectivity index (χ3n) is 10.8. The Morgan fingerprint density at radius 1 is 0.977 bits per heavy atom. The van der Waals surface area contributed by atoms with Gasteiger partial charge in [0.05, 0.1) is 43.1 Å². The Hall–Kier alpha value is -1.44. The molecule has 3 saturated heterocycles. The molecule has 44 heavy (non-hydrogen) atoms. The van der Waals surface area contributed by atoms with Gasteiger partial charge in [-0.2, -0.15) is 10.7 Å². The van der Waals surface area contributed by atoms with Crippen molar-refractivity contribution in [3.05, 3.63) is 47.5 Å². The minimum atomic E-state index is -2.92. The summed E-state index contributed by atoms with van der Waals surface area (Å²) in [7, 11) is -5.75. The maximum Gasteiger partial charge on any atom is 0.335 e. The lowest BCUT2D eigenvalue weighted by Gasteiger charge is -2.49. The fourth-order valence-electron chi connectivity index (χ4n) is 8.43. The van der Waals surface area contributed by atoms with Gasteiger partial charge in [-0.15, -0.1) is 0 Å². The molecule has 1 saturated carbocycles. The van der Waals surface area contributed by atoms with Gasteiger partial charge in [-0.3, -0.25) is 9.74 Å². The molecule has 0 radical (unpaired) electrons. The second-order valence-corrected chi connectivity index (χ2v) is 23.3. The van der Waals surface area contributed by atoms with E-state index in [9.17, 15) is 5.26 Å². The molecule has 4 unspecified atom stereocenters. The summed E-state index contributed by atoms with van der Waals surface area (Å²) in [5, 5.41) is 10.7. The SMILES string of the molecule is CC(C)[Si]1(C(C)C)OC2[C@H]3C4(NOCc5ccccc5)C[C@H](N5CCOCC5)OC(C=C4C#N)C23O[Si](C(C)C)(C(C)C)O1. The molecule has 11 heteroatoms. The average molecular weight is 642 g/mol. The van der Waals surface area contributed by atoms with E-state index in [1.54, 1.807) is 0 Å². The van der Waals surface area contributed by atoms with E-state index in [1.807, 2.05) is 36.4 Å². The van der Waals surface area contributed by atoms with Gasteiger partial charge < -0.3 is 22.4 Å². The Bertz CT molecular complexity index is 1250. The van der Waals surface area contributed by atoms with Crippen LogP contribution in [0, 0.1) is 17.2 Å². The standard InChI is InChI=1S/C33H51N3O6Si2/c1-22(2)43(23(3)4)40-31-30-32(35-38-21-26-12-10-9-11-13-26)19-29(36-14-16-37-17-15-36)39-28(18-27(32)20-34)33(30,31)41-44(42-43,24(5)6)25(7)8/h9-13,18,22-25,28-31,35H,14-17,19,21H2,1-8H3/t28?,29-,30+,31?,32?,33?/m1/s1. The summed E-state index contributed by atoms with van der Waals surface area (Å²) in [5.41, 5.74) is 4.41. The van der Waals surface area contributed by atoms with Crippen LogP contribution in [0.4, 0.5) is 0 Å². The average Bonchev–Trinajstić information content (AvgIpc) is 3.72. The van der Waals surface area contributed by atoms with E-state index in [4.69, 9.17) is 27.3 Å². The first-order valence-electron chi connectivity index (χ1n) is 16.6. The Labute approximate surface area is 265 Å². The monoisotopic (exact) mass is 641 g/mol. The predicted octanol–water partition coefficient (Wildman–Crippen LogP) is 5.68. The molecule has 2 aliphatic carbocycles. The molecule has 6 aliphatic rings. The van der Waals surface area contributed by atoms with Gasteiger partial charge in [0, 0.05) is 25.4 Å². The second-order valence-electron chi connectivity index (χ2n) is 14.5. The summed E-state index contributed by atoms with van der Waals surface area (Å²) in [5.74, 6) is -0.167. The van der Waals surface area contributed by atoms with Gasteiger partial charge in [-0.1, -0.05) is 85.7 Å². The number of nitrogens with one attached hydrogen (secondary N) is 1. The maximum absolute atomic E-state index is 10.7. The zero-order valence-electron chi connectivity index (χ0n) is 27.7. The topological polar surface area (TPSA) is 94.4 Å². The van der Waals surface area contributed by atoms with E-state index in [0.717, 1.165) is 18.7 Å². The van der Waals surface area contributed by atoms with Crippen LogP contribution in [-0.2, 0) is 33.9 Å². The second kappa shape index (κ2) is 12.0. The highest BCUT2D eigenvalue weighted by molar-refractivity contribution is 6.84. The molecule has 1 N–H and O–H groups in total. The lowest BCUT2D eigenvalue weighted by atomic mass is 9.77. The summed E-state index contributed by atoms with van der Waals surface area (Å²) >= 11 is 0. The van der Waals surface area contributed by atoms with Crippen molar-refractivity contribution in [2.45, 2.75) is 120 Å². The zero-order chi connectivity index (χ0) is 31.5. The predicted molar refractivity (Wildman–Crippen MR) is 172 cm³/mol. The highest BCUT2D eigenvalue weighted by atomic mass is 28.5. The first-order valence-corrected chi connectivity index (χ1v) is 20.5. The Morgan fingerprint density at radius 3 is 2.20 bits per heavy atom. The molecule has 4 heterocycles. The van der Waals surface area contributed by atoms with Gasteiger partial charge in [0.15, 0.2) is 0 Å². The van der Waals surface area contributed by atoms with Gasteiger partial charge in [-0.05, 0) is 33.8 Å². The Kier molecular flexibility index (Phi) is 8.85. The Morgan fingerprint density at radius 2 is 1.61 bits per heavy atom. The fourth-order valence-corrected chi connectivity index (χ4v) is 19.9. The minimum Gasteiger partial charge on any atom is -0.414 e. The largest absolute Gasteiger partial charge is 0.414 e. The number of nitriles is 1. The van der Waals surface area contributed by atoms with Crippen LogP contribution in [0.1, 0.15) is 67.4 Å². The van der Waals surface area contributed by atoms with E-state index in [0.29, 0.717) is 31.8 Å². The van der Waals surface area contributed by atoms with Crippen LogP contribution in [0.15, 0.2) is 42.0 Å². The number of morpholine rings is 1. The molecule has 1 aromatic carbocycles. The molecule has 7 rings (SSSR count). The van der Waals surface area contributed by atoms with Gasteiger partial charge >= 0.3 is 17.1 Å². The number of hydroxylamine groups is 1. The van der Waals surface area contributed by atoms with Crippen LogP contribution >= 0.6 is 0 Å². The molecule has 9 nitrogen and oxygen atoms in total. The molecular formula is C33H51N3O6Si2. The Balaban J connectivity index is 1.48. The van der Waals surface area contributed by atoms with E-state index in [2.05, 4.69) is 71.8 Å². The molecule has 0 aromatic heterocycles. The molecule has 242 valence electrons. The molecule has 4 aliphatic heterocycles. The minimum absolute atomic E-state index is 0.167. The highest BCUT2D eigenvalue weighted by Gasteiger charge is 2.86. The third kappa shape index (κ3) is 4.92. The van der Waals surface area contributed by atoms with E-state index in [1.165, 1.54) is 0 Å². The maximum atomic E-state index is 10.7. The summed E-state index contributed by atoms with van der Waals surface area (Å²) in [6, 6.07) is 12.7. The van der Waals surface area contributed by atoms with Crippen LogP contribution in [0.5, 0.6) is 0 Å². The van der Waals surface area contributed by atoms with Crippen molar-refractivity contribution in [1.29, 1.82) is 5.26 Å². The molecule has 0 amide bonds. The first kappa shape index (κ1) is 32.5. The van der Waals surface area contributed by atoms with Crippen LogP contribution in [-0.4, -0.2) is 77.9 Å². The summed E-state index contributed by atoms with van der Waals surface area (Å²) in [6.45, 7) is 21.2. The molecule has 6 atom stereocenters. The summed E-state index contributed by atoms with van der Waals surface area (Å²) < 4.78 is 35.5. The quantitative estimate of drug-likeness (QED) is 0.270. The van der Waals surface area contributed by atoms with Crippen molar-refractivity contribution in [3.8, 4) is 6.07 Å². The number of rotatable bonds is 9. The lowest BCUT2D eigenvalue weighted by Crippen LogP contribution is -2.63. The smallest absolute Gasteiger partial charge is 0.335 e. The van der Waals surface area contributed by atoms with Crippen molar-refractivity contribution in [3.63, 3.8) is 0 Å². The molecule has 4 fully saturated rings. The van der Waals surface area contributed by atoms with E-state index < -0.39 is 34.4 Å². The normalized spacial score (nSPS) is 36.0. The van der Waals surface area contributed by atoms with Crippen molar-refractivity contribution < 1.29 is 27.3 Å². The lowest BCUT2D eigenvalue weighted by molar-refractivity contribution is -0.144. The van der Waals surface area contributed by atoms with Crippen LogP contribution in [0.2, 0.25) is 22.2 Å². The van der Waals surface area contributed by atoms with Crippen molar-refractivity contribution in [2.75, 3.05) is 26.3 Å². The molecular weight excluding hydrogens is 591 g/mol. The third-order valence-corrected chi connectivity index (χ3v) is 21.1. The summed E-state index contributed by atoms with van der Waals surface area (Å²) in [4.78, 5) is 8.71. The molecule has 1 aromatic rings. The van der Waals surface area contributed by atoms with E-state index in [-0.39, 0.29) is 40.4 Å². The van der Waals surface area contributed by atoms with Crippen molar-refractivity contribution >= 4 is 17.1 Å². The van der Waals surface area contributed by atoms with Crippen molar-refractivity contribution in [1.82, 2.24) is 10.4 Å². The van der Waals surface area contributed by atoms with Crippen LogP contribution in [0.3, 0.4) is 0 Å². The van der Waals surface area contributed by atoms with Gasteiger partial charge in [0.25, 0.3) is 0 Å². The summed E-state index contributed by atoms with van der Waals surface area (Å²) in [6.07, 6.45) is 1.60. The first-order chi connectivity index (χ1) is 21.0. The number of nitrogens with zero attached hydrogens (tertiary/aromatic N) is 2. The number of hydrogen-bond donors (Lipinski definition) is 1. The van der Waals surface area contributed by atoms with E-state index >= 15 is 0 Å². The highest BCUT2D eigenvalue weighted by Crippen LogP contribution is 2.70. The number of ether oxygens (including phenoxy) is 2. The van der Waals surface area contributed by atoms with Crippen LogP contribution < -0.4 is 5.48 Å². The van der Waals surface area contributed by atoms with Crippen LogP contribution in [0.25, 0.3) is 0 Å². The zero-order valence-corrected chi connectivity index (χ0v) is 29.7. The number of benzene rings is 1. The van der Waals surface area contributed by atoms with Gasteiger partial charge in [-0.25, -0.2) is 0 Å². The molecule has 1 spiro atoms. The number of fused-ring (bicyclic) bond motifs is 2. The van der Waals surface area contributed by atoms with Crippen molar-refractivity contribution in [2.24, 2.45) is 5.92 Å². The molecule has 2 bridgehead atoms.